The van der Waals surface area contributed by atoms with Gasteiger partial charge in [-0.2, -0.15) is 0 Å². The number of nitrogens with zero attached hydrogens (tertiary/aromatic N) is 2. The van der Waals surface area contributed by atoms with Gasteiger partial charge in [0.15, 0.2) is 0 Å². The highest BCUT2D eigenvalue weighted by atomic mass is 16.3. The van der Waals surface area contributed by atoms with Gasteiger partial charge in [0.1, 0.15) is 11.2 Å². The summed E-state index contributed by atoms with van der Waals surface area (Å²) in [5.41, 5.74) is 10.5. The predicted octanol–water partition coefficient (Wildman–Crippen LogP) is 8.38. The zero-order valence-corrected chi connectivity index (χ0v) is 19.5. The fourth-order valence-electron chi connectivity index (χ4n) is 6.45. The van der Waals surface area contributed by atoms with E-state index in [4.69, 9.17) is 4.42 Å². The van der Waals surface area contributed by atoms with E-state index in [9.17, 15) is 0 Å². The number of benzene rings is 4. The van der Waals surface area contributed by atoms with Crippen LogP contribution in [0.15, 0.2) is 102 Å². The van der Waals surface area contributed by atoms with Gasteiger partial charge in [0.2, 0.25) is 0 Å². The monoisotopic (exact) mass is 450 g/mol. The number of aromatic nitrogens is 2. The molecule has 0 unspecified atom stereocenters. The summed E-state index contributed by atoms with van der Waals surface area (Å²) >= 11 is 0. The number of para-hydroxylation sites is 2. The molecular weight excluding hydrogens is 428 g/mol. The van der Waals surface area contributed by atoms with Gasteiger partial charge in [0, 0.05) is 45.2 Å². The van der Waals surface area contributed by atoms with E-state index in [2.05, 4.69) is 108 Å². The number of hydrogen-bond donors (Lipinski definition) is 0. The summed E-state index contributed by atoms with van der Waals surface area (Å²) in [4.78, 5) is 4.29. The molecule has 0 aliphatic heterocycles. The molecule has 1 aliphatic rings. The van der Waals surface area contributed by atoms with Gasteiger partial charge >= 0.3 is 0 Å². The summed E-state index contributed by atoms with van der Waals surface area (Å²) in [6.45, 7) is 4.70. The zero-order valence-electron chi connectivity index (χ0n) is 19.5. The lowest BCUT2D eigenvalue weighted by Gasteiger charge is -2.23. The molecule has 166 valence electrons. The fraction of sp³-hybridized carbons (Fsp3) is 0.0938. The molecule has 4 aromatic carbocycles. The van der Waals surface area contributed by atoms with Crippen molar-refractivity contribution < 1.29 is 4.42 Å². The molecule has 3 aromatic heterocycles. The lowest BCUT2D eigenvalue weighted by atomic mass is 9.80. The molecular formula is C32H22N2O. The largest absolute Gasteiger partial charge is 0.455 e. The van der Waals surface area contributed by atoms with Crippen LogP contribution >= 0.6 is 0 Å². The van der Waals surface area contributed by atoms with Gasteiger partial charge in [-0.1, -0.05) is 74.5 Å². The second-order valence-electron chi connectivity index (χ2n) is 10.0. The van der Waals surface area contributed by atoms with Gasteiger partial charge in [0.25, 0.3) is 0 Å². The van der Waals surface area contributed by atoms with Crippen LogP contribution in [-0.4, -0.2) is 9.55 Å². The summed E-state index contributed by atoms with van der Waals surface area (Å²) < 4.78 is 9.11. The second-order valence-corrected chi connectivity index (χ2v) is 10.0. The van der Waals surface area contributed by atoms with Crippen LogP contribution in [0.5, 0.6) is 0 Å². The van der Waals surface area contributed by atoms with Crippen molar-refractivity contribution in [3.63, 3.8) is 0 Å². The minimum Gasteiger partial charge on any atom is -0.455 e. The Hall–Kier alpha value is -4.37. The van der Waals surface area contributed by atoms with E-state index in [0.717, 1.165) is 22.2 Å². The molecule has 0 radical (unpaired) electrons. The molecule has 3 nitrogen and oxygen atoms in total. The first-order chi connectivity index (χ1) is 17.2. The first kappa shape index (κ1) is 19.0. The number of rotatable bonds is 1. The third-order valence-corrected chi connectivity index (χ3v) is 7.85. The van der Waals surface area contributed by atoms with Crippen molar-refractivity contribution in [3.05, 3.63) is 108 Å². The maximum atomic E-state index is 6.71. The number of pyridine rings is 1. The van der Waals surface area contributed by atoms with E-state index in [1.165, 1.54) is 49.4 Å². The molecule has 1 aliphatic carbocycles. The third-order valence-electron chi connectivity index (χ3n) is 7.85. The first-order valence-corrected chi connectivity index (χ1v) is 12.1. The van der Waals surface area contributed by atoms with Crippen LogP contribution in [0.2, 0.25) is 0 Å². The number of furan rings is 1. The van der Waals surface area contributed by atoms with Crippen molar-refractivity contribution in [3.8, 4) is 16.8 Å². The summed E-state index contributed by atoms with van der Waals surface area (Å²) in [6, 6.07) is 30.2. The van der Waals surface area contributed by atoms with Gasteiger partial charge in [-0.3, -0.25) is 4.98 Å². The molecule has 0 amide bonds. The normalized spacial score (nSPS) is 14.2. The van der Waals surface area contributed by atoms with Crippen molar-refractivity contribution in [2.75, 3.05) is 0 Å². The molecule has 0 saturated heterocycles. The van der Waals surface area contributed by atoms with Gasteiger partial charge in [-0.25, -0.2) is 0 Å². The smallest absolute Gasteiger partial charge is 0.145 e. The number of hydrogen-bond acceptors (Lipinski definition) is 2. The Kier molecular flexibility index (Phi) is 3.47. The zero-order chi connectivity index (χ0) is 23.3. The quantitative estimate of drug-likeness (QED) is 0.251. The molecule has 0 N–H and O–H groups in total. The van der Waals surface area contributed by atoms with Crippen LogP contribution in [0, 0.1) is 0 Å². The van der Waals surface area contributed by atoms with E-state index in [0.29, 0.717) is 0 Å². The number of fused-ring (bicyclic) bond motifs is 12. The Bertz CT molecular complexity index is 1970. The standard InChI is InChI=1S/C32H22N2O/c1-32(2)23-12-6-3-9-20(23)27-29(32)26-21-10-4-7-13-24(21)34(19-15-17-33-18-16-19)30(26)28-22-11-5-8-14-25(22)35-31(27)28/h3-18H,1-2H3. The highest BCUT2D eigenvalue weighted by Gasteiger charge is 2.41. The highest BCUT2D eigenvalue weighted by Crippen LogP contribution is 2.57. The van der Waals surface area contributed by atoms with E-state index in [1.54, 1.807) is 0 Å². The lowest BCUT2D eigenvalue weighted by Crippen LogP contribution is -2.15. The molecule has 3 heterocycles. The molecule has 8 rings (SSSR count). The Labute approximate surface area is 202 Å². The Morgan fingerprint density at radius 1 is 0.743 bits per heavy atom. The second kappa shape index (κ2) is 6.39. The molecule has 7 aromatic rings. The Morgan fingerprint density at radius 2 is 1.46 bits per heavy atom. The highest BCUT2D eigenvalue weighted by molar-refractivity contribution is 6.30. The van der Waals surface area contributed by atoms with Gasteiger partial charge in [-0.05, 0) is 41.0 Å². The summed E-state index contributed by atoms with van der Waals surface area (Å²) in [6.07, 6.45) is 3.74. The van der Waals surface area contributed by atoms with Gasteiger partial charge < -0.3 is 8.98 Å². The van der Waals surface area contributed by atoms with Crippen LogP contribution < -0.4 is 0 Å². The van der Waals surface area contributed by atoms with Crippen molar-refractivity contribution >= 4 is 43.7 Å². The van der Waals surface area contributed by atoms with Crippen LogP contribution in [0.25, 0.3) is 60.6 Å². The maximum absolute atomic E-state index is 6.71. The summed E-state index contributed by atoms with van der Waals surface area (Å²) in [5, 5.41) is 4.90. The summed E-state index contributed by atoms with van der Waals surface area (Å²) in [7, 11) is 0. The topological polar surface area (TPSA) is 31.0 Å². The van der Waals surface area contributed by atoms with Crippen molar-refractivity contribution in [1.82, 2.24) is 9.55 Å². The average Bonchev–Trinajstić information content (AvgIpc) is 3.51. The van der Waals surface area contributed by atoms with Gasteiger partial charge in [-0.15, -0.1) is 0 Å². The molecule has 0 spiro atoms. The van der Waals surface area contributed by atoms with Crippen LogP contribution in [-0.2, 0) is 5.41 Å². The van der Waals surface area contributed by atoms with Crippen LogP contribution in [0.3, 0.4) is 0 Å². The van der Waals surface area contributed by atoms with E-state index in [-0.39, 0.29) is 5.41 Å². The van der Waals surface area contributed by atoms with Crippen molar-refractivity contribution in [1.29, 1.82) is 0 Å². The summed E-state index contributed by atoms with van der Waals surface area (Å²) in [5.74, 6) is 0. The molecule has 0 bridgehead atoms. The minimum atomic E-state index is -0.162. The fourth-order valence-corrected chi connectivity index (χ4v) is 6.45. The van der Waals surface area contributed by atoms with E-state index < -0.39 is 0 Å². The molecule has 0 atom stereocenters. The van der Waals surface area contributed by atoms with Crippen LogP contribution in [0.1, 0.15) is 25.0 Å². The SMILES string of the molecule is CC1(C)c2ccccc2-c2c1c1c3ccccc3n(-c3ccncc3)c1c1c2oc2ccccc21. The van der Waals surface area contributed by atoms with Crippen molar-refractivity contribution in [2.24, 2.45) is 0 Å². The molecule has 35 heavy (non-hydrogen) atoms. The third kappa shape index (κ3) is 2.23. The first-order valence-electron chi connectivity index (χ1n) is 12.1. The average molecular weight is 451 g/mol. The van der Waals surface area contributed by atoms with E-state index >= 15 is 0 Å². The van der Waals surface area contributed by atoms with Gasteiger partial charge in [0.05, 0.1) is 16.4 Å². The maximum Gasteiger partial charge on any atom is 0.145 e. The molecule has 0 fully saturated rings. The molecule has 3 heteroatoms. The van der Waals surface area contributed by atoms with Crippen LogP contribution in [0.4, 0.5) is 0 Å². The lowest BCUT2D eigenvalue weighted by molar-refractivity contribution is 0.658. The molecule has 0 saturated carbocycles. The van der Waals surface area contributed by atoms with Crippen molar-refractivity contribution in [2.45, 2.75) is 19.3 Å². The Morgan fingerprint density at radius 3 is 2.31 bits per heavy atom. The minimum absolute atomic E-state index is 0.162. The Balaban J connectivity index is 1.76. The predicted molar refractivity (Wildman–Crippen MR) is 143 cm³/mol. The van der Waals surface area contributed by atoms with E-state index in [1.807, 2.05) is 12.4 Å².